The minimum atomic E-state index is -3.71. The van der Waals surface area contributed by atoms with Gasteiger partial charge in [0.15, 0.2) is 0 Å². The Hall–Kier alpha value is -2.42. The smallest absolute Gasteiger partial charge is 0.255 e. The van der Waals surface area contributed by atoms with E-state index in [1.807, 2.05) is 38.1 Å². The van der Waals surface area contributed by atoms with Crippen LogP contribution >= 0.6 is 0 Å². The van der Waals surface area contributed by atoms with E-state index in [-0.39, 0.29) is 23.0 Å². The van der Waals surface area contributed by atoms with Gasteiger partial charge in [0.05, 0.1) is 17.1 Å². The van der Waals surface area contributed by atoms with Crippen LogP contribution in [-0.4, -0.2) is 57.0 Å². The standard InChI is InChI=1S/C23H29N3O4S/c1-17-15-26(16-18(2)30-17)31(28,29)22-10-5-7-19(13-22)23(27)24-20-8-6-9-21(14-20)25-11-3-4-12-25/h5-10,13-14,17-18H,3-4,11-12,15-16H2,1-2H3,(H,24,27)/t17-,18-/m0/s1. The SMILES string of the molecule is C[C@H]1CN(S(=O)(=O)c2cccc(C(=O)Nc3cccc(N4CCCC4)c3)c2)C[C@H](C)O1. The Morgan fingerprint density at radius 1 is 1.00 bits per heavy atom. The lowest BCUT2D eigenvalue weighted by molar-refractivity contribution is -0.0440. The van der Waals surface area contributed by atoms with E-state index in [9.17, 15) is 13.2 Å². The summed E-state index contributed by atoms with van der Waals surface area (Å²) in [6, 6.07) is 14.0. The molecule has 0 spiro atoms. The van der Waals surface area contributed by atoms with Gasteiger partial charge in [0.25, 0.3) is 5.91 Å². The molecule has 2 aliphatic rings. The molecule has 2 saturated heterocycles. The van der Waals surface area contributed by atoms with Crippen molar-refractivity contribution in [2.45, 2.75) is 43.8 Å². The minimum absolute atomic E-state index is 0.118. The molecule has 2 aromatic carbocycles. The second-order valence-corrected chi connectivity index (χ2v) is 10.2. The molecule has 7 nitrogen and oxygen atoms in total. The highest BCUT2D eigenvalue weighted by Crippen LogP contribution is 2.25. The van der Waals surface area contributed by atoms with Crippen molar-refractivity contribution >= 4 is 27.3 Å². The van der Waals surface area contributed by atoms with Crippen molar-refractivity contribution in [3.63, 3.8) is 0 Å². The molecule has 2 aromatic rings. The third-order valence-corrected chi connectivity index (χ3v) is 7.52. The van der Waals surface area contributed by atoms with E-state index < -0.39 is 10.0 Å². The monoisotopic (exact) mass is 443 g/mol. The second kappa shape index (κ2) is 8.98. The van der Waals surface area contributed by atoms with E-state index in [4.69, 9.17) is 4.74 Å². The summed E-state index contributed by atoms with van der Waals surface area (Å²) < 4.78 is 33.4. The van der Waals surface area contributed by atoms with Crippen molar-refractivity contribution in [3.8, 4) is 0 Å². The van der Waals surface area contributed by atoms with Crippen LogP contribution in [0.4, 0.5) is 11.4 Å². The summed E-state index contributed by atoms with van der Waals surface area (Å²) in [5, 5.41) is 2.90. The number of carbonyl (C=O) groups excluding carboxylic acids is 1. The van der Waals surface area contributed by atoms with E-state index in [0.717, 1.165) is 18.8 Å². The van der Waals surface area contributed by atoms with Gasteiger partial charge in [-0.1, -0.05) is 12.1 Å². The van der Waals surface area contributed by atoms with Gasteiger partial charge in [-0.3, -0.25) is 4.79 Å². The summed E-state index contributed by atoms with van der Waals surface area (Å²) in [7, 11) is -3.71. The van der Waals surface area contributed by atoms with Crippen molar-refractivity contribution in [3.05, 3.63) is 54.1 Å². The van der Waals surface area contributed by atoms with E-state index in [1.165, 1.54) is 29.3 Å². The van der Waals surface area contributed by atoms with Gasteiger partial charge >= 0.3 is 0 Å². The number of hydrogen-bond donors (Lipinski definition) is 1. The van der Waals surface area contributed by atoms with Crippen LogP contribution < -0.4 is 10.2 Å². The molecule has 0 saturated carbocycles. The van der Waals surface area contributed by atoms with Crippen molar-refractivity contribution in [2.75, 3.05) is 36.4 Å². The molecule has 2 fully saturated rings. The van der Waals surface area contributed by atoms with Crippen LogP contribution in [0.3, 0.4) is 0 Å². The third kappa shape index (κ3) is 4.92. The topological polar surface area (TPSA) is 79.0 Å². The first kappa shape index (κ1) is 21.8. The van der Waals surface area contributed by atoms with E-state index >= 15 is 0 Å². The Bertz CT molecular complexity index is 1040. The zero-order valence-corrected chi connectivity index (χ0v) is 18.8. The summed E-state index contributed by atoms with van der Waals surface area (Å²) in [6.45, 7) is 6.36. The number of morpholine rings is 1. The van der Waals surface area contributed by atoms with Crippen LogP contribution in [0.15, 0.2) is 53.4 Å². The van der Waals surface area contributed by atoms with Crippen LogP contribution in [0.1, 0.15) is 37.0 Å². The molecular formula is C23H29N3O4S. The normalized spacial score (nSPS) is 22.5. The number of rotatable bonds is 5. The molecular weight excluding hydrogens is 414 g/mol. The Morgan fingerprint density at radius 3 is 2.39 bits per heavy atom. The molecule has 4 rings (SSSR count). The van der Waals surface area contributed by atoms with Gasteiger partial charge < -0.3 is 15.0 Å². The van der Waals surface area contributed by atoms with Gasteiger partial charge in [0.2, 0.25) is 10.0 Å². The average molecular weight is 444 g/mol. The molecule has 0 bridgehead atoms. The summed E-state index contributed by atoms with van der Waals surface area (Å²) in [4.78, 5) is 15.3. The molecule has 31 heavy (non-hydrogen) atoms. The third-order valence-electron chi connectivity index (χ3n) is 5.70. The minimum Gasteiger partial charge on any atom is -0.373 e. The Labute approximate surface area is 184 Å². The summed E-state index contributed by atoms with van der Waals surface area (Å²) in [5.74, 6) is -0.334. The molecule has 0 radical (unpaired) electrons. The average Bonchev–Trinajstić information content (AvgIpc) is 3.28. The summed E-state index contributed by atoms with van der Waals surface area (Å²) >= 11 is 0. The van der Waals surface area contributed by atoms with Crippen molar-refractivity contribution in [2.24, 2.45) is 0 Å². The van der Waals surface area contributed by atoms with Crippen molar-refractivity contribution < 1.29 is 17.9 Å². The zero-order chi connectivity index (χ0) is 22.0. The number of carbonyl (C=O) groups is 1. The number of ether oxygens (including phenoxy) is 1. The second-order valence-electron chi connectivity index (χ2n) is 8.31. The first-order chi connectivity index (χ1) is 14.8. The van der Waals surface area contributed by atoms with Crippen LogP contribution in [0.5, 0.6) is 0 Å². The molecule has 1 N–H and O–H groups in total. The van der Waals surface area contributed by atoms with E-state index in [2.05, 4.69) is 10.2 Å². The first-order valence-electron chi connectivity index (χ1n) is 10.7. The van der Waals surface area contributed by atoms with Crippen LogP contribution in [-0.2, 0) is 14.8 Å². The Morgan fingerprint density at radius 2 is 1.68 bits per heavy atom. The van der Waals surface area contributed by atoms with Gasteiger partial charge in [-0.15, -0.1) is 0 Å². The fraction of sp³-hybridized carbons (Fsp3) is 0.435. The molecule has 2 aliphatic heterocycles. The lowest BCUT2D eigenvalue weighted by Crippen LogP contribution is -2.48. The Balaban J connectivity index is 1.51. The largest absolute Gasteiger partial charge is 0.373 e. The van der Waals surface area contributed by atoms with Gasteiger partial charge in [-0.25, -0.2) is 8.42 Å². The summed E-state index contributed by atoms with van der Waals surface area (Å²) in [6.07, 6.45) is 2.01. The number of benzene rings is 2. The fourth-order valence-corrected chi connectivity index (χ4v) is 5.87. The molecule has 2 atom stereocenters. The maximum Gasteiger partial charge on any atom is 0.255 e. The van der Waals surface area contributed by atoms with E-state index in [1.54, 1.807) is 12.1 Å². The number of hydrogen-bond acceptors (Lipinski definition) is 5. The van der Waals surface area contributed by atoms with Gasteiger partial charge in [-0.2, -0.15) is 4.31 Å². The molecule has 2 heterocycles. The van der Waals surface area contributed by atoms with Gasteiger partial charge in [0, 0.05) is 43.1 Å². The molecule has 0 aliphatic carbocycles. The zero-order valence-electron chi connectivity index (χ0n) is 18.0. The first-order valence-corrected chi connectivity index (χ1v) is 12.2. The molecule has 1 amide bonds. The molecule has 0 unspecified atom stereocenters. The van der Waals surface area contributed by atoms with Crippen LogP contribution in [0.2, 0.25) is 0 Å². The highest BCUT2D eigenvalue weighted by Gasteiger charge is 2.32. The number of anilines is 2. The van der Waals surface area contributed by atoms with Crippen LogP contribution in [0, 0.1) is 0 Å². The number of nitrogens with one attached hydrogen (secondary N) is 1. The Kier molecular flexibility index (Phi) is 6.31. The number of sulfonamides is 1. The predicted molar refractivity (Wildman–Crippen MR) is 121 cm³/mol. The number of amides is 1. The lowest BCUT2D eigenvalue weighted by atomic mass is 10.2. The summed E-state index contributed by atoms with van der Waals surface area (Å²) in [5.41, 5.74) is 2.09. The molecule has 8 heteroatoms. The highest BCUT2D eigenvalue weighted by molar-refractivity contribution is 7.89. The molecule has 0 aromatic heterocycles. The van der Waals surface area contributed by atoms with Crippen molar-refractivity contribution in [1.29, 1.82) is 0 Å². The molecule has 166 valence electrons. The maximum atomic E-state index is 13.1. The van der Waals surface area contributed by atoms with Crippen molar-refractivity contribution in [1.82, 2.24) is 4.31 Å². The fourth-order valence-electron chi connectivity index (χ4n) is 4.23. The highest BCUT2D eigenvalue weighted by atomic mass is 32.2. The maximum absolute atomic E-state index is 13.1. The van der Waals surface area contributed by atoms with Crippen LogP contribution in [0.25, 0.3) is 0 Å². The van der Waals surface area contributed by atoms with Gasteiger partial charge in [0.1, 0.15) is 0 Å². The van der Waals surface area contributed by atoms with E-state index in [0.29, 0.717) is 24.3 Å². The van der Waals surface area contributed by atoms with Gasteiger partial charge in [-0.05, 0) is 63.1 Å². The number of nitrogens with zero attached hydrogens (tertiary/aromatic N) is 2. The lowest BCUT2D eigenvalue weighted by Gasteiger charge is -2.34. The predicted octanol–water partition coefficient (Wildman–Crippen LogP) is 3.34. The quantitative estimate of drug-likeness (QED) is 0.767.